The van der Waals surface area contributed by atoms with E-state index >= 15 is 0 Å². The van der Waals surface area contributed by atoms with Gasteiger partial charge in [-0.2, -0.15) is 0 Å². The maximum atomic E-state index is 9.47. The summed E-state index contributed by atoms with van der Waals surface area (Å²) in [5, 5.41) is 13.0. The molecule has 1 aromatic rings. The predicted octanol–water partition coefficient (Wildman–Crippen LogP) is 2.55. The molecule has 1 aromatic carbocycles. The van der Waals surface area contributed by atoms with Gasteiger partial charge in [0.25, 0.3) is 0 Å². The highest BCUT2D eigenvalue weighted by Crippen LogP contribution is 2.24. The Morgan fingerprint density at radius 3 is 2.82 bits per heavy atom. The van der Waals surface area contributed by atoms with Crippen LogP contribution in [0.4, 0.5) is 0 Å². The van der Waals surface area contributed by atoms with Crippen molar-refractivity contribution in [3.05, 3.63) is 34.9 Å². The Kier molecular flexibility index (Phi) is 4.19. The van der Waals surface area contributed by atoms with Gasteiger partial charge in [-0.15, -0.1) is 0 Å². The Bertz CT molecular complexity index is 375. The van der Waals surface area contributed by atoms with E-state index in [2.05, 4.69) is 37.4 Å². The van der Waals surface area contributed by atoms with Gasteiger partial charge in [0.05, 0.1) is 6.10 Å². The van der Waals surface area contributed by atoms with E-state index in [1.54, 1.807) is 0 Å². The second kappa shape index (κ2) is 5.65. The fraction of sp³-hybridized carbons (Fsp3) is 0.600. The van der Waals surface area contributed by atoms with Crippen molar-refractivity contribution in [3.8, 4) is 0 Å². The van der Waals surface area contributed by atoms with E-state index in [1.165, 1.54) is 23.1 Å². The normalized spacial score (nSPS) is 24.2. The molecule has 2 rings (SSSR count). The van der Waals surface area contributed by atoms with E-state index in [9.17, 15) is 5.11 Å². The van der Waals surface area contributed by atoms with Crippen LogP contribution in [0.1, 0.15) is 36.0 Å². The van der Waals surface area contributed by atoms with E-state index < -0.39 is 0 Å². The Hall–Kier alpha value is -0.860. The van der Waals surface area contributed by atoms with E-state index in [-0.39, 0.29) is 6.10 Å². The van der Waals surface area contributed by atoms with Crippen LogP contribution in [0.5, 0.6) is 0 Å². The molecule has 1 saturated carbocycles. The van der Waals surface area contributed by atoms with Crippen LogP contribution in [0, 0.1) is 19.8 Å². The molecule has 0 heterocycles. The van der Waals surface area contributed by atoms with Crippen LogP contribution >= 0.6 is 0 Å². The second-order valence-corrected chi connectivity index (χ2v) is 5.32. The molecule has 2 unspecified atom stereocenters. The molecule has 1 fully saturated rings. The number of aliphatic hydroxyl groups is 1. The molecule has 0 saturated heterocycles. The van der Waals surface area contributed by atoms with Gasteiger partial charge >= 0.3 is 0 Å². The average molecular weight is 233 g/mol. The lowest BCUT2D eigenvalue weighted by Gasteiger charge is -2.13. The fourth-order valence-corrected chi connectivity index (χ4v) is 2.65. The van der Waals surface area contributed by atoms with Gasteiger partial charge in [-0.1, -0.05) is 18.2 Å². The number of rotatable bonds is 4. The Morgan fingerprint density at radius 2 is 2.12 bits per heavy atom. The third-order valence-electron chi connectivity index (χ3n) is 3.98. The second-order valence-electron chi connectivity index (χ2n) is 5.32. The summed E-state index contributed by atoms with van der Waals surface area (Å²) < 4.78 is 0. The van der Waals surface area contributed by atoms with Gasteiger partial charge < -0.3 is 10.4 Å². The molecular formula is C15H23NO. The molecule has 0 aromatic heterocycles. The molecule has 2 heteroatoms. The van der Waals surface area contributed by atoms with Crippen LogP contribution in [-0.4, -0.2) is 17.8 Å². The summed E-state index contributed by atoms with van der Waals surface area (Å²) in [7, 11) is 0. The van der Waals surface area contributed by atoms with Crippen molar-refractivity contribution in [2.24, 2.45) is 5.92 Å². The van der Waals surface area contributed by atoms with Crippen molar-refractivity contribution in [1.82, 2.24) is 5.32 Å². The Labute approximate surface area is 104 Å². The predicted molar refractivity (Wildman–Crippen MR) is 71.0 cm³/mol. The molecule has 1 aliphatic carbocycles. The minimum absolute atomic E-state index is 0.0532. The highest BCUT2D eigenvalue weighted by Gasteiger charge is 2.21. The van der Waals surface area contributed by atoms with Crippen molar-refractivity contribution in [2.75, 3.05) is 6.54 Å². The zero-order valence-electron chi connectivity index (χ0n) is 10.9. The number of hydrogen-bond donors (Lipinski definition) is 2. The van der Waals surface area contributed by atoms with Gasteiger partial charge in [-0.3, -0.25) is 0 Å². The molecule has 0 spiro atoms. The fourth-order valence-electron chi connectivity index (χ4n) is 2.65. The summed E-state index contributed by atoms with van der Waals surface area (Å²) in [4.78, 5) is 0. The summed E-state index contributed by atoms with van der Waals surface area (Å²) in [5.74, 6) is 0.662. The van der Waals surface area contributed by atoms with E-state index in [4.69, 9.17) is 0 Å². The van der Waals surface area contributed by atoms with E-state index in [0.29, 0.717) is 5.92 Å². The van der Waals surface area contributed by atoms with Gasteiger partial charge in [0.15, 0.2) is 0 Å². The van der Waals surface area contributed by atoms with Crippen molar-refractivity contribution in [3.63, 3.8) is 0 Å². The zero-order chi connectivity index (χ0) is 12.3. The first-order chi connectivity index (χ1) is 8.16. The van der Waals surface area contributed by atoms with Crippen LogP contribution in [0.15, 0.2) is 18.2 Å². The van der Waals surface area contributed by atoms with Crippen molar-refractivity contribution in [1.29, 1.82) is 0 Å². The summed E-state index contributed by atoms with van der Waals surface area (Å²) in [6.07, 6.45) is 3.07. The summed E-state index contributed by atoms with van der Waals surface area (Å²) in [5.41, 5.74) is 4.15. The monoisotopic (exact) mass is 233 g/mol. The number of nitrogens with one attached hydrogen (secondary N) is 1. The molecule has 0 radical (unpaired) electrons. The molecule has 2 atom stereocenters. The van der Waals surface area contributed by atoms with Gasteiger partial charge in [0.2, 0.25) is 0 Å². The highest BCUT2D eigenvalue weighted by atomic mass is 16.3. The van der Waals surface area contributed by atoms with Crippen molar-refractivity contribution in [2.45, 2.75) is 45.8 Å². The van der Waals surface area contributed by atoms with Crippen LogP contribution in [0.25, 0.3) is 0 Å². The van der Waals surface area contributed by atoms with Gasteiger partial charge in [-0.25, -0.2) is 0 Å². The van der Waals surface area contributed by atoms with E-state index in [0.717, 1.165) is 25.9 Å². The first-order valence-corrected chi connectivity index (χ1v) is 6.60. The SMILES string of the molecule is Cc1cccc(CNCC2CCC(O)C2)c1C. The maximum Gasteiger partial charge on any atom is 0.0543 e. The maximum absolute atomic E-state index is 9.47. The Morgan fingerprint density at radius 1 is 1.29 bits per heavy atom. The van der Waals surface area contributed by atoms with Crippen molar-refractivity contribution < 1.29 is 5.11 Å². The number of hydrogen-bond acceptors (Lipinski definition) is 2. The van der Waals surface area contributed by atoms with Crippen LogP contribution in [0.2, 0.25) is 0 Å². The van der Waals surface area contributed by atoms with Crippen molar-refractivity contribution >= 4 is 0 Å². The summed E-state index contributed by atoms with van der Waals surface area (Å²) >= 11 is 0. The molecule has 2 nitrogen and oxygen atoms in total. The molecule has 94 valence electrons. The smallest absolute Gasteiger partial charge is 0.0543 e. The van der Waals surface area contributed by atoms with Gasteiger partial charge in [-0.05, 0) is 62.3 Å². The molecule has 0 amide bonds. The quantitative estimate of drug-likeness (QED) is 0.837. The first-order valence-electron chi connectivity index (χ1n) is 6.60. The third-order valence-corrected chi connectivity index (χ3v) is 3.98. The molecule has 1 aliphatic rings. The van der Waals surface area contributed by atoms with Crippen LogP contribution in [0.3, 0.4) is 0 Å². The average Bonchev–Trinajstić information content (AvgIpc) is 2.70. The minimum Gasteiger partial charge on any atom is -0.393 e. The number of benzene rings is 1. The van der Waals surface area contributed by atoms with Crippen LogP contribution < -0.4 is 5.32 Å². The summed E-state index contributed by atoms with van der Waals surface area (Å²) in [6.45, 7) is 6.32. The molecule has 0 bridgehead atoms. The van der Waals surface area contributed by atoms with Gasteiger partial charge in [0, 0.05) is 6.54 Å². The lowest BCUT2D eigenvalue weighted by atomic mass is 10.0. The third kappa shape index (κ3) is 3.30. The molecule has 2 N–H and O–H groups in total. The largest absolute Gasteiger partial charge is 0.393 e. The van der Waals surface area contributed by atoms with E-state index in [1.807, 2.05) is 0 Å². The minimum atomic E-state index is -0.0532. The number of aryl methyl sites for hydroxylation is 1. The molecule has 17 heavy (non-hydrogen) atoms. The molecule has 0 aliphatic heterocycles. The van der Waals surface area contributed by atoms with Crippen LogP contribution in [-0.2, 0) is 6.54 Å². The molecular weight excluding hydrogens is 210 g/mol. The first kappa shape index (κ1) is 12.6. The lowest BCUT2D eigenvalue weighted by Crippen LogP contribution is -2.21. The standard InChI is InChI=1S/C15H23NO/c1-11-4-3-5-14(12(11)2)10-16-9-13-6-7-15(17)8-13/h3-5,13,15-17H,6-10H2,1-2H3. The zero-order valence-corrected chi connectivity index (χ0v) is 10.9. The Balaban J connectivity index is 1.80. The summed E-state index contributed by atoms with van der Waals surface area (Å²) in [6, 6.07) is 6.48. The number of aliphatic hydroxyl groups excluding tert-OH is 1. The lowest BCUT2D eigenvalue weighted by molar-refractivity contribution is 0.177. The van der Waals surface area contributed by atoms with Gasteiger partial charge in [0.1, 0.15) is 0 Å². The highest BCUT2D eigenvalue weighted by molar-refractivity contribution is 5.32. The topological polar surface area (TPSA) is 32.3 Å².